The van der Waals surface area contributed by atoms with E-state index in [1.165, 1.54) is 13.0 Å². The quantitative estimate of drug-likeness (QED) is 0.741. The Kier molecular flexibility index (Phi) is 5.22. The molecule has 0 saturated heterocycles. The molecule has 0 aliphatic rings. The first kappa shape index (κ1) is 14.6. The van der Waals surface area contributed by atoms with Gasteiger partial charge in [0.1, 0.15) is 4.91 Å². The van der Waals surface area contributed by atoms with Gasteiger partial charge in [-0.05, 0) is 31.6 Å². The number of Topliss-reactive ketones (excluding diaryl/α,β-unsaturated/α-hetero) is 1. The van der Waals surface area contributed by atoms with Crippen LogP contribution < -0.4 is 0 Å². The minimum absolute atomic E-state index is 0.00173. The molecule has 0 aliphatic heterocycles. The highest BCUT2D eigenvalue weighted by molar-refractivity contribution is 7.96. The van der Waals surface area contributed by atoms with E-state index in [0.29, 0.717) is 12.1 Å². The van der Waals surface area contributed by atoms with Crippen LogP contribution in [-0.4, -0.2) is 24.9 Å². The molecule has 0 aliphatic carbocycles. The van der Waals surface area contributed by atoms with Crippen molar-refractivity contribution >= 4 is 21.7 Å². The number of hydrogen-bond acceptors (Lipinski definition) is 4. The lowest BCUT2D eigenvalue weighted by Crippen LogP contribution is -2.14. The lowest BCUT2D eigenvalue weighted by molar-refractivity contribution is -0.112. The third-order valence-electron chi connectivity index (χ3n) is 2.42. The van der Waals surface area contributed by atoms with Crippen molar-refractivity contribution in [2.75, 3.05) is 5.75 Å². The minimum Gasteiger partial charge on any atom is -0.294 e. The Labute approximate surface area is 108 Å². The van der Waals surface area contributed by atoms with Crippen molar-refractivity contribution in [2.45, 2.75) is 26.7 Å². The van der Waals surface area contributed by atoms with Crippen LogP contribution in [0.15, 0.2) is 29.3 Å². The number of rotatable bonds is 6. The number of nitrogens with zero attached hydrogens (tertiary/aromatic N) is 1. The Bertz CT molecular complexity index is 533. The van der Waals surface area contributed by atoms with Crippen LogP contribution in [0.5, 0.6) is 0 Å². The molecular formula is C13H17NO3S. The standard InChI is InChI=1S/C13H17NO3S/c1-3-4-9-18(16,17)13(11(2)15)10-12-7-5-6-8-14-12/h5-8,10H,3-4,9H2,1-2H3. The SMILES string of the molecule is CCCCS(=O)(=O)C(=Cc1ccccn1)C(C)=O. The number of hydrogen-bond donors (Lipinski definition) is 0. The van der Waals surface area contributed by atoms with Crippen LogP contribution in [0.4, 0.5) is 0 Å². The van der Waals surface area contributed by atoms with Gasteiger partial charge in [-0.25, -0.2) is 8.42 Å². The van der Waals surface area contributed by atoms with Crippen LogP contribution >= 0.6 is 0 Å². The Hall–Kier alpha value is -1.49. The molecule has 1 aromatic rings. The van der Waals surface area contributed by atoms with Gasteiger partial charge in [0, 0.05) is 6.20 Å². The van der Waals surface area contributed by atoms with Crippen molar-refractivity contribution in [3.05, 3.63) is 35.0 Å². The van der Waals surface area contributed by atoms with Crippen LogP contribution in [0.1, 0.15) is 32.4 Å². The fraction of sp³-hybridized carbons (Fsp3) is 0.385. The number of carbonyl (C=O) groups excluding carboxylic acids is 1. The Morgan fingerprint density at radius 3 is 2.61 bits per heavy atom. The summed E-state index contributed by atoms with van der Waals surface area (Å²) >= 11 is 0. The number of aromatic nitrogens is 1. The van der Waals surface area contributed by atoms with Crippen LogP contribution in [0.3, 0.4) is 0 Å². The zero-order chi connectivity index (χ0) is 13.6. The maximum absolute atomic E-state index is 12.0. The summed E-state index contributed by atoms with van der Waals surface area (Å²) in [6.07, 6.45) is 4.22. The van der Waals surface area contributed by atoms with Gasteiger partial charge in [-0.2, -0.15) is 0 Å². The van der Waals surface area contributed by atoms with Gasteiger partial charge in [-0.1, -0.05) is 19.4 Å². The molecule has 0 fully saturated rings. The van der Waals surface area contributed by atoms with Crippen LogP contribution in [0.2, 0.25) is 0 Å². The topological polar surface area (TPSA) is 64.1 Å². The molecule has 0 aromatic carbocycles. The summed E-state index contributed by atoms with van der Waals surface area (Å²) in [4.78, 5) is 15.3. The van der Waals surface area contributed by atoms with E-state index in [4.69, 9.17) is 0 Å². The summed E-state index contributed by atoms with van der Waals surface area (Å²) in [6.45, 7) is 3.17. The second kappa shape index (κ2) is 6.44. The van der Waals surface area contributed by atoms with Crippen molar-refractivity contribution in [3.8, 4) is 0 Å². The summed E-state index contributed by atoms with van der Waals surface area (Å²) in [7, 11) is -3.51. The Morgan fingerprint density at radius 2 is 2.11 bits per heavy atom. The van der Waals surface area contributed by atoms with Crippen LogP contribution in [0, 0.1) is 0 Å². The highest BCUT2D eigenvalue weighted by atomic mass is 32.2. The van der Waals surface area contributed by atoms with Crippen LogP contribution in [-0.2, 0) is 14.6 Å². The monoisotopic (exact) mass is 267 g/mol. The third kappa shape index (κ3) is 4.07. The summed E-state index contributed by atoms with van der Waals surface area (Å²) in [6, 6.07) is 5.14. The zero-order valence-electron chi connectivity index (χ0n) is 10.6. The van der Waals surface area contributed by atoms with E-state index in [9.17, 15) is 13.2 Å². The normalized spacial score (nSPS) is 12.4. The van der Waals surface area contributed by atoms with Gasteiger partial charge in [0.15, 0.2) is 15.6 Å². The molecule has 0 amide bonds. The predicted molar refractivity (Wildman–Crippen MR) is 71.6 cm³/mol. The first-order valence-corrected chi connectivity index (χ1v) is 7.49. The van der Waals surface area contributed by atoms with Gasteiger partial charge in [0.25, 0.3) is 0 Å². The minimum atomic E-state index is -3.51. The number of pyridine rings is 1. The summed E-state index contributed by atoms with van der Waals surface area (Å²) in [5.41, 5.74) is 0.475. The molecule has 0 N–H and O–H groups in total. The van der Waals surface area contributed by atoms with E-state index in [2.05, 4.69) is 4.98 Å². The maximum Gasteiger partial charge on any atom is 0.181 e. The predicted octanol–water partition coefficient (Wildman–Crippen LogP) is 2.23. The number of allylic oxidation sites excluding steroid dienone is 1. The third-order valence-corrected chi connectivity index (χ3v) is 4.32. The van der Waals surface area contributed by atoms with Crippen molar-refractivity contribution in [1.82, 2.24) is 4.98 Å². The van der Waals surface area contributed by atoms with Crippen molar-refractivity contribution < 1.29 is 13.2 Å². The number of carbonyl (C=O) groups is 1. The molecule has 0 bridgehead atoms. The molecule has 4 nitrogen and oxygen atoms in total. The van der Waals surface area contributed by atoms with Gasteiger partial charge >= 0.3 is 0 Å². The van der Waals surface area contributed by atoms with E-state index in [1.807, 2.05) is 6.92 Å². The number of ketones is 1. The fourth-order valence-electron chi connectivity index (χ4n) is 1.45. The van der Waals surface area contributed by atoms with E-state index in [-0.39, 0.29) is 10.7 Å². The molecule has 1 aromatic heterocycles. The molecular weight excluding hydrogens is 250 g/mol. The molecule has 0 atom stereocenters. The number of sulfone groups is 1. The zero-order valence-corrected chi connectivity index (χ0v) is 11.4. The van der Waals surface area contributed by atoms with Crippen molar-refractivity contribution in [1.29, 1.82) is 0 Å². The molecule has 5 heteroatoms. The number of unbranched alkanes of at least 4 members (excludes halogenated alkanes) is 1. The second-order valence-corrected chi connectivity index (χ2v) is 6.07. The molecule has 0 unspecified atom stereocenters. The lowest BCUT2D eigenvalue weighted by Gasteiger charge is -2.05. The summed E-state index contributed by atoms with van der Waals surface area (Å²) in [5.74, 6) is -0.446. The molecule has 0 spiro atoms. The smallest absolute Gasteiger partial charge is 0.181 e. The van der Waals surface area contributed by atoms with Crippen molar-refractivity contribution in [2.24, 2.45) is 0 Å². The lowest BCUT2D eigenvalue weighted by atomic mass is 10.3. The molecule has 1 heterocycles. The molecule has 18 heavy (non-hydrogen) atoms. The van der Waals surface area contributed by atoms with Gasteiger partial charge in [-0.15, -0.1) is 0 Å². The Balaban J connectivity index is 3.12. The van der Waals surface area contributed by atoms with Gasteiger partial charge in [-0.3, -0.25) is 9.78 Å². The second-order valence-electron chi connectivity index (χ2n) is 3.99. The van der Waals surface area contributed by atoms with E-state index in [1.54, 1.807) is 24.4 Å². The fourth-order valence-corrected chi connectivity index (χ4v) is 3.08. The maximum atomic E-state index is 12.0. The molecule has 1 rings (SSSR count). The molecule has 98 valence electrons. The van der Waals surface area contributed by atoms with Gasteiger partial charge in [0.05, 0.1) is 11.4 Å². The molecule has 0 radical (unpaired) electrons. The van der Waals surface area contributed by atoms with Gasteiger partial charge < -0.3 is 0 Å². The highest BCUT2D eigenvalue weighted by Crippen LogP contribution is 2.14. The Morgan fingerprint density at radius 1 is 1.39 bits per heavy atom. The van der Waals surface area contributed by atoms with E-state index < -0.39 is 15.6 Å². The molecule has 0 saturated carbocycles. The highest BCUT2D eigenvalue weighted by Gasteiger charge is 2.21. The van der Waals surface area contributed by atoms with E-state index >= 15 is 0 Å². The summed E-state index contributed by atoms with van der Waals surface area (Å²) in [5, 5.41) is 0. The van der Waals surface area contributed by atoms with Crippen LogP contribution in [0.25, 0.3) is 6.08 Å². The van der Waals surface area contributed by atoms with E-state index in [0.717, 1.165) is 6.42 Å². The summed E-state index contributed by atoms with van der Waals surface area (Å²) < 4.78 is 24.0. The van der Waals surface area contributed by atoms with Gasteiger partial charge in [0.2, 0.25) is 0 Å². The first-order chi connectivity index (χ1) is 8.47. The largest absolute Gasteiger partial charge is 0.294 e. The average molecular weight is 267 g/mol. The average Bonchev–Trinajstić information content (AvgIpc) is 2.34. The first-order valence-electron chi connectivity index (χ1n) is 5.84. The van der Waals surface area contributed by atoms with Crippen molar-refractivity contribution in [3.63, 3.8) is 0 Å².